The molecule has 2 aliphatic rings. The third-order valence-electron chi connectivity index (χ3n) is 5.87. The van der Waals surface area contributed by atoms with Gasteiger partial charge in [0.15, 0.2) is 5.82 Å². The molecule has 8 heteroatoms. The van der Waals surface area contributed by atoms with E-state index >= 15 is 0 Å². The molecule has 2 fully saturated rings. The van der Waals surface area contributed by atoms with Crippen LogP contribution in [0.4, 0.5) is 0 Å². The molecule has 2 saturated heterocycles. The Kier molecular flexibility index (Phi) is 6.62. The predicted octanol–water partition coefficient (Wildman–Crippen LogP) is 3.50. The summed E-state index contributed by atoms with van der Waals surface area (Å²) in [6.07, 6.45) is 8.18. The summed E-state index contributed by atoms with van der Waals surface area (Å²) in [6.45, 7) is 1.75. The van der Waals surface area contributed by atoms with Gasteiger partial charge in [-0.1, -0.05) is 48.3 Å². The molecule has 0 saturated carbocycles. The summed E-state index contributed by atoms with van der Waals surface area (Å²) in [5, 5.41) is 4.13. The Hall–Kier alpha value is -1.77. The minimum Gasteiger partial charge on any atom is -0.338 e. The minimum atomic E-state index is -3.49. The van der Waals surface area contributed by atoms with Gasteiger partial charge in [-0.2, -0.15) is 22.0 Å². The smallest absolute Gasteiger partial charge is 0.282 e. The molecule has 0 bridgehead atoms. The number of hydrogen-bond donors (Lipinski definition) is 0. The Balaban J connectivity index is 1.42. The lowest BCUT2D eigenvalue weighted by molar-refractivity contribution is 0.187. The van der Waals surface area contributed by atoms with Crippen LogP contribution in [0.1, 0.15) is 68.3 Å². The number of rotatable bonds is 7. The van der Waals surface area contributed by atoms with Gasteiger partial charge in [0.2, 0.25) is 5.89 Å². The van der Waals surface area contributed by atoms with Crippen molar-refractivity contribution in [3.8, 4) is 0 Å². The lowest BCUT2D eigenvalue weighted by Crippen LogP contribution is -2.48. The summed E-state index contributed by atoms with van der Waals surface area (Å²) >= 11 is 0. The maximum atomic E-state index is 13.2. The van der Waals surface area contributed by atoms with Gasteiger partial charge < -0.3 is 4.52 Å². The maximum absolute atomic E-state index is 13.2. The first-order chi connectivity index (χ1) is 14.1. The highest BCUT2D eigenvalue weighted by molar-refractivity contribution is 7.86. The van der Waals surface area contributed by atoms with Crippen LogP contribution >= 0.6 is 0 Å². The van der Waals surface area contributed by atoms with Crippen molar-refractivity contribution in [2.24, 2.45) is 0 Å². The number of aryl methyl sites for hydroxylation is 2. The van der Waals surface area contributed by atoms with Crippen LogP contribution in [0.5, 0.6) is 0 Å². The van der Waals surface area contributed by atoms with Crippen LogP contribution in [0.2, 0.25) is 0 Å². The molecule has 4 rings (SSSR count). The number of benzene rings is 1. The molecule has 1 aromatic heterocycles. The van der Waals surface area contributed by atoms with E-state index in [0.29, 0.717) is 31.3 Å². The van der Waals surface area contributed by atoms with Crippen molar-refractivity contribution in [3.05, 3.63) is 47.6 Å². The fourth-order valence-electron chi connectivity index (χ4n) is 4.27. The highest BCUT2D eigenvalue weighted by Crippen LogP contribution is 2.34. The molecule has 1 aromatic carbocycles. The van der Waals surface area contributed by atoms with Gasteiger partial charge >= 0.3 is 0 Å². The molecule has 0 radical (unpaired) electrons. The van der Waals surface area contributed by atoms with Crippen LogP contribution in [0.3, 0.4) is 0 Å². The van der Waals surface area contributed by atoms with Gasteiger partial charge in [0.25, 0.3) is 10.2 Å². The van der Waals surface area contributed by atoms with Crippen LogP contribution in [-0.4, -0.2) is 46.8 Å². The first-order valence-electron chi connectivity index (χ1n) is 10.8. The first kappa shape index (κ1) is 20.5. The summed E-state index contributed by atoms with van der Waals surface area (Å²) in [6, 6.07) is 10.00. The molecule has 158 valence electrons. The van der Waals surface area contributed by atoms with Crippen LogP contribution < -0.4 is 0 Å². The highest BCUT2D eigenvalue weighted by atomic mass is 32.2. The van der Waals surface area contributed by atoms with Gasteiger partial charge in [-0.3, -0.25) is 0 Å². The Morgan fingerprint density at radius 2 is 1.72 bits per heavy atom. The van der Waals surface area contributed by atoms with Crippen molar-refractivity contribution >= 4 is 10.2 Å². The summed E-state index contributed by atoms with van der Waals surface area (Å²) in [5.41, 5.74) is 1.29. The predicted molar refractivity (Wildman–Crippen MR) is 110 cm³/mol. The standard InChI is InChI=1S/C21H30N4O3S/c26-29(27,24-15-6-2-7-16-24)25-17-8-5-13-19(25)21-22-20(23-28-21)14-9-12-18-10-3-1-4-11-18/h1,3-4,10-11,19H,2,5-9,12-17H2. The van der Waals surface area contributed by atoms with E-state index in [1.54, 1.807) is 8.61 Å². The molecule has 0 spiro atoms. The zero-order chi connectivity index (χ0) is 20.1. The summed E-state index contributed by atoms with van der Waals surface area (Å²) in [4.78, 5) is 4.57. The molecule has 3 heterocycles. The summed E-state index contributed by atoms with van der Waals surface area (Å²) < 4.78 is 35.2. The molecular formula is C21H30N4O3S. The van der Waals surface area contributed by atoms with Gasteiger partial charge in [0.05, 0.1) is 0 Å². The van der Waals surface area contributed by atoms with Gasteiger partial charge in [-0.05, 0) is 44.1 Å². The first-order valence-corrected chi connectivity index (χ1v) is 12.2. The average molecular weight is 419 g/mol. The topological polar surface area (TPSA) is 79.5 Å². The maximum Gasteiger partial charge on any atom is 0.282 e. The Labute approximate surface area is 173 Å². The molecule has 2 aliphatic heterocycles. The second-order valence-corrected chi connectivity index (χ2v) is 9.86. The van der Waals surface area contributed by atoms with Crippen LogP contribution in [0.15, 0.2) is 34.9 Å². The van der Waals surface area contributed by atoms with Crippen molar-refractivity contribution in [1.29, 1.82) is 0 Å². The number of nitrogens with zero attached hydrogens (tertiary/aromatic N) is 4. The number of hydrogen-bond acceptors (Lipinski definition) is 5. The van der Waals surface area contributed by atoms with Crippen molar-refractivity contribution < 1.29 is 12.9 Å². The zero-order valence-electron chi connectivity index (χ0n) is 16.9. The Morgan fingerprint density at radius 3 is 2.52 bits per heavy atom. The largest absolute Gasteiger partial charge is 0.338 e. The Morgan fingerprint density at radius 1 is 0.966 bits per heavy atom. The van der Waals surface area contributed by atoms with E-state index in [2.05, 4.69) is 22.3 Å². The molecule has 1 unspecified atom stereocenters. The second kappa shape index (κ2) is 9.36. The average Bonchev–Trinajstić information content (AvgIpc) is 3.24. The second-order valence-electron chi connectivity index (χ2n) is 7.98. The highest BCUT2D eigenvalue weighted by Gasteiger charge is 2.40. The number of aromatic nitrogens is 2. The van der Waals surface area contributed by atoms with E-state index in [0.717, 1.165) is 57.8 Å². The molecular weight excluding hydrogens is 388 g/mol. The monoisotopic (exact) mass is 418 g/mol. The molecule has 29 heavy (non-hydrogen) atoms. The lowest BCUT2D eigenvalue weighted by atomic mass is 10.1. The van der Waals surface area contributed by atoms with Crippen LogP contribution in [-0.2, 0) is 23.1 Å². The third kappa shape index (κ3) is 4.87. The van der Waals surface area contributed by atoms with Crippen LogP contribution in [0.25, 0.3) is 0 Å². The van der Waals surface area contributed by atoms with E-state index in [1.165, 1.54) is 5.56 Å². The van der Waals surface area contributed by atoms with E-state index in [9.17, 15) is 8.42 Å². The van der Waals surface area contributed by atoms with E-state index in [-0.39, 0.29) is 6.04 Å². The molecule has 2 aromatic rings. The SMILES string of the molecule is O=S(=O)(N1CCCCC1)N1CCCCC1c1nc(CCCc2ccccc2)no1. The van der Waals surface area contributed by atoms with E-state index in [4.69, 9.17) is 4.52 Å². The quantitative estimate of drug-likeness (QED) is 0.687. The van der Waals surface area contributed by atoms with Gasteiger partial charge in [0.1, 0.15) is 6.04 Å². The molecule has 0 aliphatic carbocycles. The summed E-state index contributed by atoms with van der Waals surface area (Å²) in [7, 11) is -3.49. The molecule has 0 N–H and O–H groups in total. The number of piperidine rings is 2. The van der Waals surface area contributed by atoms with Crippen molar-refractivity contribution in [1.82, 2.24) is 18.8 Å². The summed E-state index contributed by atoms with van der Waals surface area (Å²) in [5.74, 6) is 1.11. The zero-order valence-corrected chi connectivity index (χ0v) is 17.7. The third-order valence-corrected chi connectivity index (χ3v) is 7.92. The molecule has 1 atom stereocenters. The van der Waals surface area contributed by atoms with Gasteiger partial charge in [-0.25, -0.2) is 0 Å². The molecule has 7 nitrogen and oxygen atoms in total. The van der Waals surface area contributed by atoms with Crippen molar-refractivity contribution in [2.75, 3.05) is 19.6 Å². The Bertz CT molecular complexity index is 878. The van der Waals surface area contributed by atoms with E-state index < -0.39 is 10.2 Å². The van der Waals surface area contributed by atoms with Gasteiger partial charge in [0, 0.05) is 26.1 Å². The normalized spacial score (nSPS) is 22.0. The van der Waals surface area contributed by atoms with Gasteiger partial charge in [-0.15, -0.1) is 0 Å². The van der Waals surface area contributed by atoms with Crippen molar-refractivity contribution in [2.45, 2.75) is 63.8 Å². The fraction of sp³-hybridized carbons (Fsp3) is 0.619. The minimum absolute atomic E-state index is 0.342. The van der Waals surface area contributed by atoms with Crippen molar-refractivity contribution in [3.63, 3.8) is 0 Å². The van der Waals surface area contributed by atoms with E-state index in [1.807, 2.05) is 18.2 Å². The van der Waals surface area contributed by atoms with Crippen LogP contribution in [0, 0.1) is 0 Å². The lowest BCUT2D eigenvalue weighted by Gasteiger charge is -2.37. The fourth-order valence-corrected chi connectivity index (χ4v) is 6.16. The molecule has 0 amide bonds.